The average Bonchev–Trinajstić information content (AvgIpc) is 2.31. The maximum Gasteiger partial charge on any atom is -0.0165 e. The minimum atomic E-state index is -0.664. The molecule has 0 unspecified atom stereocenters. The Kier molecular flexibility index (Phi) is 4.00. The highest BCUT2D eigenvalue weighted by Crippen LogP contribution is 2.34. The van der Waals surface area contributed by atoms with E-state index in [1.165, 1.54) is 10.6 Å². The van der Waals surface area contributed by atoms with Gasteiger partial charge in [0.05, 0.1) is 0 Å². The van der Waals surface area contributed by atoms with E-state index in [9.17, 15) is 0 Å². The molecule has 0 spiro atoms. The summed E-state index contributed by atoms with van der Waals surface area (Å²) < 4.78 is 0.660. The smallest absolute Gasteiger partial charge is 0.0165 e. The number of hydrogen-bond acceptors (Lipinski definition) is 2. The third kappa shape index (κ3) is 2.65. The van der Waals surface area contributed by atoms with Crippen LogP contribution in [-0.2, 0) is 12.6 Å². The Hall–Kier alpha value is -0.820. The van der Waals surface area contributed by atoms with Gasteiger partial charge in [-0.3, -0.25) is 0 Å². The fourth-order valence-electron chi connectivity index (χ4n) is 1.51. The van der Waals surface area contributed by atoms with Gasteiger partial charge in [0.15, 0.2) is 0 Å². The quantitative estimate of drug-likeness (QED) is 0.473. The van der Waals surface area contributed by atoms with Crippen LogP contribution in [0, 0.1) is 0 Å². The van der Waals surface area contributed by atoms with Crippen molar-refractivity contribution in [1.29, 1.82) is 0 Å². The lowest BCUT2D eigenvalue weighted by Crippen LogP contribution is -2.15. The summed E-state index contributed by atoms with van der Waals surface area (Å²) in [6.07, 6.45) is 0. The van der Waals surface area contributed by atoms with Crippen molar-refractivity contribution in [3.63, 3.8) is 0 Å². The van der Waals surface area contributed by atoms with Crippen LogP contribution in [0.3, 0.4) is 0 Å². The summed E-state index contributed by atoms with van der Waals surface area (Å²) in [6.45, 7) is 0. The van der Waals surface area contributed by atoms with Crippen LogP contribution in [0.4, 0.5) is 0 Å². The number of hydrogen-bond donors (Lipinski definition) is 0. The molecule has 0 aromatic heterocycles. The molecule has 0 saturated heterocycles. The van der Waals surface area contributed by atoms with Gasteiger partial charge >= 0.3 is 0 Å². The molecule has 0 nitrogen and oxygen atoms in total. The van der Waals surface area contributed by atoms with Crippen LogP contribution < -0.4 is 10.6 Å². The topological polar surface area (TPSA) is 0 Å². The Morgan fingerprint density at radius 2 is 1.19 bits per heavy atom. The maximum absolute atomic E-state index is 5.22. The van der Waals surface area contributed by atoms with Gasteiger partial charge in [0.1, 0.15) is 0 Å². The number of rotatable bonds is 3. The third-order valence-electron chi connectivity index (χ3n) is 2.21. The van der Waals surface area contributed by atoms with E-state index in [0.717, 1.165) is 0 Å². The largest absolute Gasteiger partial charge is 0.427 e. The Balaban J connectivity index is 2.44. The summed E-state index contributed by atoms with van der Waals surface area (Å²) in [5, 5.41) is 2.45. The lowest BCUT2D eigenvalue weighted by atomic mass is 10.4. The minimum Gasteiger partial charge on any atom is -0.427 e. The van der Waals surface area contributed by atoms with Crippen LogP contribution in [0.2, 0.25) is 0 Å². The van der Waals surface area contributed by atoms with Crippen LogP contribution in [0.5, 0.6) is 0 Å². The molecule has 0 aliphatic rings. The van der Waals surface area contributed by atoms with Gasteiger partial charge in [0.25, 0.3) is 0 Å². The first-order valence-electron chi connectivity index (χ1n) is 4.90. The Bertz CT molecular complexity index is 428. The van der Waals surface area contributed by atoms with Gasteiger partial charge in [0.2, 0.25) is 0 Å². The summed E-state index contributed by atoms with van der Waals surface area (Å²) in [5.74, 6) is 0. The second-order valence-electron chi connectivity index (χ2n) is 3.27. The average molecular weight is 261 g/mol. The Morgan fingerprint density at radius 1 is 0.812 bits per heavy atom. The second-order valence-corrected chi connectivity index (χ2v) is 7.10. The zero-order valence-electron chi connectivity index (χ0n) is 8.54. The monoisotopic (exact) mass is 261 g/mol. The Labute approximate surface area is 108 Å². The Morgan fingerprint density at radius 3 is 1.50 bits per heavy atom. The van der Waals surface area contributed by atoms with Crippen molar-refractivity contribution < 1.29 is 0 Å². The lowest BCUT2D eigenvalue weighted by molar-refractivity contribution is 1.76. The van der Waals surface area contributed by atoms with Crippen LogP contribution in [0.25, 0.3) is 0 Å². The van der Waals surface area contributed by atoms with Crippen LogP contribution in [-0.4, -0.2) is 3.94 Å². The van der Waals surface area contributed by atoms with Crippen molar-refractivity contribution >= 4 is 47.3 Å². The molecule has 0 heterocycles. The van der Waals surface area contributed by atoms with E-state index < -0.39 is 7.92 Å². The normalized spacial score (nSPS) is 10.3. The van der Waals surface area contributed by atoms with E-state index in [2.05, 4.69) is 24.3 Å². The highest BCUT2D eigenvalue weighted by molar-refractivity contribution is 8.23. The van der Waals surface area contributed by atoms with Gasteiger partial charge in [-0.25, -0.2) is 0 Å². The molecule has 16 heavy (non-hydrogen) atoms. The van der Waals surface area contributed by atoms with Gasteiger partial charge in [-0.2, -0.15) is 0 Å². The SMILES string of the molecule is S=C([S-])P(c1ccccc1)c1ccccc1. The maximum atomic E-state index is 5.22. The molecule has 3 heteroatoms. The molecule has 2 aromatic rings. The highest BCUT2D eigenvalue weighted by atomic mass is 32.1. The molecule has 0 radical (unpaired) electrons. The first-order valence-corrected chi connectivity index (χ1v) is 7.06. The molecule has 0 amide bonds. The van der Waals surface area contributed by atoms with Crippen molar-refractivity contribution in [1.82, 2.24) is 0 Å². The molecular weight excluding hydrogens is 251 g/mol. The zero-order chi connectivity index (χ0) is 11.4. The van der Waals surface area contributed by atoms with Crippen LogP contribution >= 0.6 is 20.1 Å². The van der Waals surface area contributed by atoms with E-state index in [0.29, 0.717) is 3.94 Å². The molecular formula is C13H10PS2-. The molecule has 0 aliphatic heterocycles. The zero-order valence-corrected chi connectivity index (χ0v) is 11.1. The molecule has 0 fully saturated rings. The molecule has 0 saturated carbocycles. The fourth-order valence-corrected chi connectivity index (χ4v) is 4.44. The first-order chi connectivity index (χ1) is 7.79. The van der Waals surface area contributed by atoms with Crippen molar-refractivity contribution in [2.24, 2.45) is 0 Å². The molecule has 80 valence electrons. The first kappa shape index (κ1) is 11.7. The number of thiocarbonyl (C=S) groups is 1. The van der Waals surface area contributed by atoms with E-state index in [-0.39, 0.29) is 0 Å². The van der Waals surface area contributed by atoms with Gasteiger partial charge in [-0.1, -0.05) is 60.7 Å². The number of benzene rings is 2. The summed E-state index contributed by atoms with van der Waals surface area (Å²) in [7, 11) is -0.664. The summed E-state index contributed by atoms with van der Waals surface area (Å²) in [5.41, 5.74) is 0. The van der Waals surface area contributed by atoms with Crippen molar-refractivity contribution in [2.75, 3.05) is 0 Å². The van der Waals surface area contributed by atoms with Gasteiger partial charge < -0.3 is 24.8 Å². The van der Waals surface area contributed by atoms with E-state index in [1.54, 1.807) is 0 Å². The van der Waals surface area contributed by atoms with Crippen molar-refractivity contribution in [3.8, 4) is 0 Å². The third-order valence-corrected chi connectivity index (χ3v) is 5.30. The molecule has 2 rings (SSSR count). The van der Waals surface area contributed by atoms with Gasteiger partial charge in [0, 0.05) is 0 Å². The second kappa shape index (κ2) is 5.49. The van der Waals surface area contributed by atoms with Crippen LogP contribution in [0.1, 0.15) is 0 Å². The predicted molar refractivity (Wildman–Crippen MR) is 79.0 cm³/mol. The lowest BCUT2D eigenvalue weighted by Gasteiger charge is -2.22. The van der Waals surface area contributed by atoms with Crippen molar-refractivity contribution in [2.45, 2.75) is 0 Å². The van der Waals surface area contributed by atoms with E-state index in [1.807, 2.05) is 36.4 Å². The van der Waals surface area contributed by atoms with Gasteiger partial charge in [-0.15, -0.1) is 3.94 Å². The molecule has 0 N–H and O–H groups in total. The van der Waals surface area contributed by atoms with Crippen molar-refractivity contribution in [3.05, 3.63) is 60.7 Å². The molecule has 0 aliphatic carbocycles. The summed E-state index contributed by atoms with van der Waals surface area (Å²) >= 11 is 10.4. The standard InChI is InChI=1S/C13H11PS2/c15-13(16)14(11-7-3-1-4-8-11)12-9-5-2-6-10-12/h1-10H,(H,15,16)/p-1. The van der Waals surface area contributed by atoms with Gasteiger partial charge in [-0.05, 0) is 18.5 Å². The van der Waals surface area contributed by atoms with E-state index >= 15 is 0 Å². The minimum absolute atomic E-state index is 0.660. The highest BCUT2D eigenvalue weighted by Gasteiger charge is 2.10. The van der Waals surface area contributed by atoms with Crippen LogP contribution in [0.15, 0.2) is 60.7 Å². The summed E-state index contributed by atoms with van der Waals surface area (Å²) in [4.78, 5) is 0. The molecule has 0 atom stereocenters. The predicted octanol–water partition coefficient (Wildman–Crippen LogP) is 2.95. The van der Waals surface area contributed by atoms with E-state index in [4.69, 9.17) is 24.8 Å². The fraction of sp³-hybridized carbons (Fsp3) is 0. The molecule has 0 bridgehead atoms. The molecule has 2 aromatic carbocycles. The summed E-state index contributed by atoms with van der Waals surface area (Å²) in [6, 6.07) is 20.5.